The molecule has 0 atom stereocenters. The topological polar surface area (TPSA) is 80.1 Å². The van der Waals surface area contributed by atoms with Crippen molar-refractivity contribution in [1.82, 2.24) is 25.0 Å². The molecule has 1 N–H and O–H groups in total. The summed E-state index contributed by atoms with van der Waals surface area (Å²) in [7, 11) is 0. The lowest BCUT2D eigenvalue weighted by atomic mass is 9.87. The first-order valence-electron chi connectivity index (χ1n) is 9.17. The summed E-state index contributed by atoms with van der Waals surface area (Å²) in [6.45, 7) is 11.4. The van der Waals surface area contributed by atoms with Gasteiger partial charge in [-0.1, -0.05) is 62.9 Å². The van der Waals surface area contributed by atoms with E-state index in [2.05, 4.69) is 67.1 Å². The van der Waals surface area contributed by atoms with E-state index in [0.717, 1.165) is 16.5 Å². The van der Waals surface area contributed by atoms with E-state index < -0.39 is 0 Å². The number of rotatable bonds is 7. The van der Waals surface area contributed by atoms with E-state index in [9.17, 15) is 9.59 Å². The average molecular weight is 400 g/mol. The van der Waals surface area contributed by atoms with Gasteiger partial charge >= 0.3 is 6.03 Å². The van der Waals surface area contributed by atoms with Crippen molar-refractivity contribution < 1.29 is 9.59 Å². The van der Waals surface area contributed by atoms with Crippen LogP contribution >= 0.6 is 11.8 Å². The molecule has 1 saturated heterocycles. The van der Waals surface area contributed by atoms with Crippen LogP contribution in [0.25, 0.3) is 11.4 Å². The van der Waals surface area contributed by atoms with E-state index in [-0.39, 0.29) is 23.9 Å². The second kappa shape index (κ2) is 8.18. The van der Waals surface area contributed by atoms with Gasteiger partial charge in [0.2, 0.25) is 5.91 Å². The number of imide groups is 1. The van der Waals surface area contributed by atoms with Crippen LogP contribution < -0.4 is 5.32 Å². The molecule has 1 aromatic heterocycles. The summed E-state index contributed by atoms with van der Waals surface area (Å²) in [5.41, 5.74) is 2.34. The van der Waals surface area contributed by atoms with Crippen LogP contribution in [0, 0.1) is 0 Å². The molecule has 0 unspecified atom stereocenters. The van der Waals surface area contributed by atoms with Crippen LogP contribution in [0.4, 0.5) is 4.79 Å². The van der Waals surface area contributed by atoms with E-state index >= 15 is 0 Å². The summed E-state index contributed by atoms with van der Waals surface area (Å²) >= 11 is 1.47. The molecule has 8 heteroatoms. The summed E-state index contributed by atoms with van der Waals surface area (Å²) < 4.78 is 2.00. The van der Waals surface area contributed by atoms with Crippen LogP contribution in [0.5, 0.6) is 0 Å². The van der Waals surface area contributed by atoms with E-state index in [1.807, 2.05) is 4.57 Å². The Kier molecular flexibility index (Phi) is 5.88. The van der Waals surface area contributed by atoms with Gasteiger partial charge in [0.25, 0.3) is 0 Å². The number of benzene rings is 1. The molecule has 0 aliphatic carbocycles. The number of aromatic nitrogens is 3. The molecule has 0 spiro atoms. The molecule has 7 nitrogen and oxygen atoms in total. The normalized spacial score (nSPS) is 14.5. The molecule has 0 saturated carbocycles. The smallest absolute Gasteiger partial charge is 0.324 e. The van der Waals surface area contributed by atoms with E-state index in [0.29, 0.717) is 18.8 Å². The molecule has 1 aromatic carbocycles. The second-order valence-electron chi connectivity index (χ2n) is 7.59. The first-order valence-corrected chi connectivity index (χ1v) is 10.2. The number of hydrogen-bond acceptors (Lipinski definition) is 5. The molecule has 3 rings (SSSR count). The summed E-state index contributed by atoms with van der Waals surface area (Å²) in [6.07, 6.45) is 1.80. The number of hydrogen-bond donors (Lipinski definition) is 1. The van der Waals surface area contributed by atoms with Gasteiger partial charge in [-0.25, -0.2) is 4.79 Å². The Labute approximate surface area is 169 Å². The number of carbonyl (C=O) groups is 2. The third-order valence-corrected chi connectivity index (χ3v) is 5.47. The first-order chi connectivity index (χ1) is 13.3. The van der Waals surface area contributed by atoms with Crippen molar-refractivity contribution in [2.45, 2.75) is 37.9 Å². The monoisotopic (exact) mass is 399 g/mol. The van der Waals surface area contributed by atoms with Crippen molar-refractivity contribution in [3.63, 3.8) is 0 Å². The molecule has 148 valence electrons. The maximum absolute atomic E-state index is 11.7. The van der Waals surface area contributed by atoms with Gasteiger partial charge in [-0.15, -0.1) is 16.8 Å². The van der Waals surface area contributed by atoms with Crippen LogP contribution in [-0.2, 0) is 16.8 Å². The van der Waals surface area contributed by atoms with Crippen molar-refractivity contribution in [3.05, 3.63) is 42.5 Å². The van der Waals surface area contributed by atoms with Gasteiger partial charge in [-0.3, -0.25) is 14.3 Å². The quantitative estimate of drug-likeness (QED) is 0.440. The minimum atomic E-state index is -0.335. The zero-order chi connectivity index (χ0) is 20.3. The number of thioether (sulfide) groups is 1. The highest BCUT2D eigenvalue weighted by Crippen LogP contribution is 2.27. The molecule has 1 aliphatic rings. The standard InChI is InChI=1S/C20H25N5O2S/c1-5-10-25-17(14-6-8-15(9-7-14)20(2,3)4)22-23-19(25)28-12-11-24-16(26)13-21-18(24)27/h5-9H,1,10-13H2,2-4H3,(H,21,27). The second-order valence-corrected chi connectivity index (χ2v) is 8.65. The van der Waals surface area contributed by atoms with Gasteiger partial charge in [-0.05, 0) is 11.0 Å². The Hall–Kier alpha value is -2.61. The molecule has 2 aromatic rings. The third-order valence-electron chi connectivity index (χ3n) is 4.52. The minimum Gasteiger partial charge on any atom is -0.329 e. The van der Waals surface area contributed by atoms with E-state index in [1.54, 1.807) is 6.08 Å². The number of urea groups is 1. The lowest BCUT2D eigenvalue weighted by Gasteiger charge is -2.19. The van der Waals surface area contributed by atoms with Crippen molar-refractivity contribution in [3.8, 4) is 11.4 Å². The highest BCUT2D eigenvalue weighted by Gasteiger charge is 2.28. The summed E-state index contributed by atoms with van der Waals surface area (Å²) in [5.74, 6) is 1.13. The predicted octanol–water partition coefficient (Wildman–Crippen LogP) is 3.07. The van der Waals surface area contributed by atoms with Crippen LogP contribution in [0.2, 0.25) is 0 Å². The molecule has 1 fully saturated rings. The summed E-state index contributed by atoms with van der Waals surface area (Å²) in [5, 5.41) is 11.9. The Morgan fingerprint density at radius 1 is 1.21 bits per heavy atom. The van der Waals surface area contributed by atoms with Crippen LogP contribution in [-0.4, -0.2) is 50.4 Å². The SMILES string of the molecule is C=CCn1c(SCCN2C(=O)CNC2=O)nnc1-c1ccc(C(C)(C)C)cc1. The third kappa shape index (κ3) is 4.27. The lowest BCUT2D eigenvalue weighted by molar-refractivity contribution is -0.124. The number of amides is 3. The minimum absolute atomic E-state index is 0.0743. The molecule has 3 amide bonds. The molecule has 0 radical (unpaired) electrons. The Morgan fingerprint density at radius 3 is 2.50 bits per heavy atom. The van der Waals surface area contributed by atoms with Crippen LogP contribution in [0.3, 0.4) is 0 Å². The Balaban J connectivity index is 1.75. The maximum atomic E-state index is 11.7. The predicted molar refractivity (Wildman–Crippen MR) is 110 cm³/mol. The van der Waals surface area contributed by atoms with Crippen LogP contribution in [0.1, 0.15) is 26.3 Å². The molecule has 28 heavy (non-hydrogen) atoms. The summed E-state index contributed by atoms with van der Waals surface area (Å²) in [6, 6.07) is 8.02. The molecule has 2 heterocycles. The van der Waals surface area contributed by atoms with Crippen molar-refractivity contribution >= 4 is 23.7 Å². The lowest BCUT2D eigenvalue weighted by Crippen LogP contribution is -2.32. The number of nitrogens with one attached hydrogen (secondary N) is 1. The zero-order valence-electron chi connectivity index (χ0n) is 16.4. The van der Waals surface area contributed by atoms with Crippen molar-refractivity contribution in [2.75, 3.05) is 18.8 Å². The molecule has 1 aliphatic heterocycles. The van der Waals surface area contributed by atoms with Gasteiger partial charge in [0.1, 0.15) is 0 Å². The Bertz CT molecular complexity index is 867. The average Bonchev–Trinajstić information content (AvgIpc) is 3.19. The van der Waals surface area contributed by atoms with Gasteiger partial charge in [0, 0.05) is 24.4 Å². The largest absolute Gasteiger partial charge is 0.329 e. The van der Waals surface area contributed by atoms with Crippen LogP contribution in [0.15, 0.2) is 42.1 Å². The number of allylic oxidation sites excluding steroid dienone is 1. The highest BCUT2D eigenvalue weighted by molar-refractivity contribution is 7.99. The van der Waals surface area contributed by atoms with E-state index in [1.165, 1.54) is 22.2 Å². The van der Waals surface area contributed by atoms with Crippen molar-refractivity contribution in [2.24, 2.45) is 0 Å². The van der Waals surface area contributed by atoms with E-state index in [4.69, 9.17) is 0 Å². The summed E-state index contributed by atoms with van der Waals surface area (Å²) in [4.78, 5) is 24.5. The fourth-order valence-electron chi connectivity index (χ4n) is 2.93. The number of nitrogens with zero attached hydrogens (tertiary/aromatic N) is 4. The molecule has 0 bridgehead atoms. The van der Waals surface area contributed by atoms with Gasteiger partial charge < -0.3 is 5.32 Å². The zero-order valence-corrected chi connectivity index (χ0v) is 17.3. The highest BCUT2D eigenvalue weighted by atomic mass is 32.2. The Morgan fingerprint density at radius 2 is 1.93 bits per heavy atom. The molecular weight excluding hydrogens is 374 g/mol. The molecular formula is C20H25N5O2S. The van der Waals surface area contributed by atoms with Crippen molar-refractivity contribution in [1.29, 1.82) is 0 Å². The van der Waals surface area contributed by atoms with Gasteiger partial charge in [-0.2, -0.15) is 0 Å². The number of carbonyl (C=O) groups excluding carboxylic acids is 2. The fraction of sp³-hybridized carbons (Fsp3) is 0.400. The first kappa shape index (κ1) is 20.1. The van der Waals surface area contributed by atoms with Gasteiger partial charge in [0.05, 0.1) is 6.54 Å². The maximum Gasteiger partial charge on any atom is 0.324 e. The van der Waals surface area contributed by atoms with Gasteiger partial charge in [0.15, 0.2) is 11.0 Å². The fourth-order valence-corrected chi connectivity index (χ4v) is 3.80.